The molecule has 0 amide bonds. The van der Waals surface area contributed by atoms with Gasteiger partial charge in [0, 0.05) is 13.2 Å². The van der Waals surface area contributed by atoms with Gasteiger partial charge < -0.3 is 10.6 Å². The zero-order valence-corrected chi connectivity index (χ0v) is 7.57. The lowest BCUT2D eigenvalue weighted by Gasteiger charge is -2.09. The minimum Gasteiger partial charge on any atom is -0.370 e. The normalized spacial score (nSPS) is 10.2. The van der Waals surface area contributed by atoms with Crippen LogP contribution in [0.3, 0.4) is 0 Å². The van der Waals surface area contributed by atoms with Gasteiger partial charge in [0.25, 0.3) is 0 Å². The van der Waals surface area contributed by atoms with Crippen LogP contribution in [0.5, 0.6) is 0 Å². The summed E-state index contributed by atoms with van der Waals surface area (Å²) in [5.41, 5.74) is 6.35. The first-order chi connectivity index (χ1) is 6.20. The Morgan fingerprint density at radius 2 is 2.00 bits per heavy atom. The van der Waals surface area contributed by atoms with Gasteiger partial charge in [-0.25, -0.2) is 0 Å². The number of nitrogens with one attached hydrogen (secondary N) is 1. The maximum absolute atomic E-state index is 7.12. The molecular formula is C10H13N3. The SMILES string of the molecule is CN(C=Cc1ccccc1)C(=N)N. The van der Waals surface area contributed by atoms with Gasteiger partial charge >= 0.3 is 0 Å². The summed E-state index contributed by atoms with van der Waals surface area (Å²) in [6.45, 7) is 0. The number of rotatable bonds is 2. The van der Waals surface area contributed by atoms with Crippen molar-refractivity contribution in [1.82, 2.24) is 4.90 Å². The zero-order chi connectivity index (χ0) is 9.68. The van der Waals surface area contributed by atoms with E-state index in [9.17, 15) is 0 Å². The molecule has 68 valence electrons. The number of hydrogen-bond acceptors (Lipinski definition) is 1. The van der Waals surface area contributed by atoms with E-state index in [1.54, 1.807) is 18.1 Å². The molecule has 1 aromatic carbocycles. The summed E-state index contributed by atoms with van der Waals surface area (Å²) in [6.07, 6.45) is 3.67. The third kappa shape index (κ3) is 2.99. The van der Waals surface area contributed by atoms with Crippen LogP contribution in [0, 0.1) is 5.41 Å². The molecule has 0 fully saturated rings. The molecule has 0 saturated carbocycles. The Labute approximate surface area is 78.0 Å². The number of guanidine groups is 1. The van der Waals surface area contributed by atoms with Crippen LogP contribution in [0.25, 0.3) is 6.08 Å². The van der Waals surface area contributed by atoms with Gasteiger partial charge in [-0.15, -0.1) is 0 Å². The molecule has 13 heavy (non-hydrogen) atoms. The van der Waals surface area contributed by atoms with Gasteiger partial charge in [0.2, 0.25) is 0 Å². The summed E-state index contributed by atoms with van der Waals surface area (Å²) in [4.78, 5) is 1.55. The highest BCUT2D eigenvalue weighted by molar-refractivity contribution is 5.76. The second-order valence-corrected chi connectivity index (χ2v) is 2.72. The molecule has 0 saturated heterocycles. The molecule has 3 N–H and O–H groups in total. The van der Waals surface area contributed by atoms with Crippen molar-refractivity contribution in [2.24, 2.45) is 5.73 Å². The molecule has 1 aromatic rings. The van der Waals surface area contributed by atoms with Gasteiger partial charge in [-0.3, -0.25) is 5.41 Å². The Kier molecular flexibility index (Phi) is 3.09. The molecule has 3 nitrogen and oxygen atoms in total. The smallest absolute Gasteiger partial charge is 0.192 e. The fourth-order valence-electron chi connectivity index (χ4n) is 0.842. The van der Waals surface area contributed by atoms with Crippen molar-refractivity contribution < 1.29 is 0 Å². The molecular weight excluding hydrogens is 162 g/mol. The van der Waals surface area contributed by atoms with Crippen LogP contribution in [0.4, 0.5) is 0 Å². The van der Waals surface area contributed by atoms with Gasteiger partial charge in [0.15, 0.2) is 5.96 Å². The van der Waals surface area contributed by atoms with Crippen LogP contribution in [-0.2, 0) is 0 Å². The van der Waals surface area contributed by atoms with Crippen LogP contribution in [0.2, 0.25) is 0 Å². The third-order valence-electron chi connectivity index (χ3n) is 1.67. The maximum Gasteiger partial charge on any atom is 0.192 e. The fraction of sp³-hybridized carbons (Fsp3) is 0.100. The van der Waals surface area contributed by atoms with Crippen molar-refractivity contribution in [1.29, 1.82) is 5.41 Å². The predicted molar refractivity (Wildman–Crippen MR) is 55.2 cm³/mol. The summed E-state index contributed by atoms with van der Waals surface area (Å²) in [5, 5.41) is 7.12. The van der Waals surface area contributed by atoms with E-state index in [2.05, 4.69) is 0 Å². The van der Waals surface area contributed by atoms with E-state index in [4.69, 9.17) is 11.1 Å². The minimum absolute atomic E-state index is 0.0344. The molecule has 0 aromatic heterocycles. The van der Waals surface area contributed by atoms with Gasteiger partial charge in [0.1, 0.15) is 0 Å². The van der Waals surface area contributed by atoms with Gasteiger partial charge in [-0.2, -0.15) is 0 Å². The van der Waals surface area contributed by atoms with Gasteiger partial charge in [-0.1, -0.05) is 30.3 Å². The lowest BCUT2D eigenvalue weighted by atomic mass is 10.2. The summed E-state index contributed by atoms with van der Waals surface area (Å²) >= 11 is 0. The van der Waals surface area contributed by atoms with Gasteiger partial charge in [-0.05, 0) is 11.6 Å². The highest BCUT2D eigenvalue weighted by Crippen LogP contribution is 2.01. The molecule has 0 atom stereocenters. The maximum atomic E-state index is 7.12. The topological polar surface area (TPSA) is 53.1 Å². The highest BCUT2D eigenvalue weighted by Gasteiger charge is 1.91. The van der Waals surface area contributed by atoms with E-state index in [-0.39, 0.29) is 5.96 Å². The lowest BCUT2D eigenvalue weighted by molar-refractivity contribution is 0.676. The first kappa shape index (κ1) is 9.32. The average Bonchev–Trinajstić information content (AvgIpc) is 2.15. The first-order valence-electron chi connectivity index (χ1n) is 4.00. The van der Waals surface area contributed by atoms with Crippen LogP contribution in [0.15, 0.2) is 36.5 Å². The molecule has 0 radical (unpaired) electrons. The van der Waals surface area contributed by atoms with Crippen LogP contribution >= 0.6 is 0 Å². The second-order valence-electron chi connectivity index (χ2n) is 2.72. The summed E-state index contributed by atoms with van der Waals surface area (Å²) in [6, 6.07) is 9.88. The van der Waals surface area contributed by atoms with Crippen molar-refractivity contribution in [3.8, 4) is 0 Å². The average molecular weight is 175 g/mol. The summed E-state index contributed by atoms with van der Waals surface area (Å²) in [5.74, 6) is 0.0344. The molecule has 1 rings (SSSR count). The number of nitrogens with two attached hydrogens (primary N) is 1. The zero-order valence-electron chi connectivity index (χ0n) is 7.57. The van der Waals surface area contributed by atoms with E-state index < -0.39 is 0 Å². The van der Waals surface area contributed by atoms with Crippen molar-refractivity contribution in [2.45, 2.75) is 0 Å². The second kappa shape index (κ2) is 4.30. The Morgan fingerprint density at radius 1 is 1.38 bits per heavy atom. The number of nitrogens with zero attached hydrogens (tertiary/aromatic N) is 1. The van der Waals surface area contributed by atoms with Gasteiger partial charge in [0.05, 0.1) is 0 Å². The Bertz CT molecular complexity index is 303. The van der Waals surface area contributed by atoms with E-state index in [0.29, 0.717) is 0 Å². The molecule has 0 aliphatic rings. The quantitative estimate of drug-likeness (QED) is 0.528. The van der Waals surface area contributed by atoms with Crippen molar-refractivity contribution in [3.05, 3.63) is 42.1 Å². The Hall–Kier alpha value is -1.77. The molecule has 3 heteroatoms. The molecule has 0 bridgehead atoms. The summed E-state index contributed by atoms with van der Waals surface area (Å²) in [7, 11) is 1.74. The first-order valence-corrected chi connectivity index (χ1v) is 4.00. The van der Waals surface area contributed by atoms with Crippen molar-refractivity contribution in [3.63, 3.8) is 0 Å². The molecule has 0 aliphatic heterocycles. The summed E-state index contributed by atoms with van der Waals surface area (Å²) < 4.78 is 0. The van der Waals surface area contributed by atoms with E-state index in [1.165, 1.54) is 0 Å². The molecule has 0 unspecified atom stereocenters. The standard InChI is InChI=1S/C10H13N3/c1-13(10(11)12)8-7-9-5-3-2-4-6-9/h2-8H,1H3,(H3,11,12). The Balaban J connectivity index is 2.64. The van der Waals surface area contributed by atoms with E-state index in [1.807, 2.05) is 36.4 Å². The Morgan fingerprint density at radius 3 is 2.54 bits per heavy atom. The number of hydrogen-bond donors (Lipinski definition) is 2. The fourth-order valence-corrected chi connectivity index (χ4v) is 0.842. The van der Waals surface area contributed by atoms with Crippen LogP contribution < -0.4 is 5.73 Å². The highest BCUT2D eigenvalue weighted by atomic mass is 15.2. The molecule has 0 heterocycles. The van der Waals surface area contributed by atoms with E-state index in [0.717, 1.165) is 5.56 Å². The molecule has 0 aliphatic carbocycles. The largest absolute Gasteiger partial charge is 0.370 e. The number of benzene rings is 1. The van der Waals surface area contributed by atoms with Crippen LogP contribution in [0.1, 0.15) is 5.56 Å². The van der Waals surface area contributed by atoms with E-state index >= 15 is 0 Å². The minimum atomic E-state index is 0.0344. The lowest BCUT2D eigenvalue weighted by Crippen LogP contribution is -2.27. The van der Waals surface area contributed by atoms with Crippen molar-refractivity contribution in [2.75, 3.05) is 7.05 Å². The third-order valence-corrected chi connectivity index (χ3v) is 1.67. The van der Waals surface area contributed by atoms with Crippen LogP contribution in [-0.4, -0.2) is 17.9 Å². The predicted octanol–water partition coefficient (Wildman–Crippen LogP) is 1.48. The monoisotopic (exact) mass is 175 g/mol. The van der Waals surface area contributed by atoms with Crippen molar-refractivity contribution >= 4 is 12.0 Å². The molecule has 0 spiro atoms.